The van der Waals surface area contributed by atoms with Gasteiger partial charge in [-0.3, -0.25) is 9.59 Å². The number of carbonyl (C=O) groups excluding carboxylic acids is 2. The second-order valence-electron chi connectivity index (χ2n) is 5.26. The van der Waals surface area contributed by atoms with Crippen LogP contribution >= 0.6 is 0 Å². The molecule has 1 aromatic carbocycles. The molecular weight excluding hydrogens is 252 g/mol. The van der Waals surface area contributed by atoms with E-state index >= 15 is 0 Å². The molecular formula is C16H22N2O2. The lowest BCUT2D eigenvalue weighted by molar-refractivity contribution is -0.133. The van der Waals surface area contributed by atoms with Crippen molar-refractivity contribution >= 4 is 17.5 Å². The van der Waals surface area contributed by atoms with Crippen LogP contribution in [0.15, 0.2) is 24.3 Å². The summed E-state index contributed by atoms with van der Waals surface area (Å²) in [5.41, 5.74) is 1.87. The summed E-state index contributed by atoms with van der Waals surface area (Å²) in [5.74, 6) is -0.216. The van der Waals surface area contributed by atoms with E-state index in [9.17, 15) is 9.59 Å². The van der Waals surface area contributed by atoms with Crippen molar-refractivity contribution in [3.05, 3.63) is 29.8 Å². The number of amides is 2. The molecule has 4 nitrogen and oxygen atoms in total. The number of carbonyl (C=O) groups is 2. The van der Waals surface area contributed by atoms with Gasteiger partial charge >= 0.3 is 0 Å². The van der Waals surface area contributed by atoms with E-state index in [4.69, 9.17) is 0 Å². The van der Waals surface area contributed by atoms with Gasteiger partial charge in [0.25, 0.3) is 0 Å². The minimum Gasteiger partial charge on any atom is -0.343 e. The van der Waals surface area contributed by atoms with Crippen LogP contribution in [0, 0.1) is 18.8 Å². The van der Waals surface area contributed by atoms with Crippen LogP contribution in [0.25, 0.3) is 0 Å². The van der Waals surface area contributed by atoms with Gasteiger partial charge in [-0.1, -0.05) is 18.2 Å². The summed E-state index contributed by atoms with van der Waals surface area (Å²) in [6, 6.07) is 7.68. The third-order valence-corrected chi connectivity index (χ3v) is 3.92. The van der Waals surface area contributed by atoms with Crippen molar-refractivity contribution in [1.82, 2.24) is 4.90 Å². The molecule has 0 spiro atoms. The first-order valence-corrected chi connectivity index (χ1v) is 7.23. The Bertz CT molecular complexity index is 509. The van der Waals surface area contributed by atoms with E-state index in [1.807, 2.05) is 45.0 Å². The fourth-order valence-corrected chi connectivity index (χ4v) is 2.47. The van der Waals surface area contributed by atoms with Gasteiger partial charge in [-0.15, -0.1) is 0 Å². The molecule has 1 aliphatic rings. The zero-order chi connectivity index (χ0) is 14.7. The van der Waals surface area contributed by atoms with Crippen molar-refractivity contribution in [3.63, 3.8) is 0 Å². The SMILES string of the molecule is CCN(CC)C(=O)C1CC1C(=O)Nc1ccccc1C. The molecule has 0 saturated heterocycles. The van der Waals surface area contributed by atoms with Crippen LogP contribution in [0.5, 0.6) is 0 Å². The number of para-hydroxylation sites is 1. The summed E-state index contributed by atoms with van der Waals surface area (Å²) in [4.78, 5) is 26.1. The lowest BCUT2D eigenvalue weighted by Gasteiger charge is -2.18. The van der Waals surface area contributed by atoms with Gasteiger partial charge in [0.1, 0.15) is 0 Å². The minimum absolute atomic E-state index is 0.0372. The predicted octanol–water partition coefficient (Wildman–Crippen LogP) is 2.44. The van der Waals surface area contributed by atoms with Gasteiger partial charge in [0, 0.05) is 18.8 Å². The van der Waals surface area contributed by atoms with Crippen molar-refractivity contribution < 1.29 is 9.59 Å². The van der Waals surface area contributed by atoms with Crippen LogP contribution in [0.3, 0.4) is 0 Å². The molecule has 2 unspecified atom stereocenters. The van der Waals surface area contributed by atoms with E-state index in [-0.39, 0.29) is 23.7 Å². The number of hydrogen-bond donors (Lipinski definition) is 1. The van der Waals surface area contributed by atoms with Crippen LogP contribution in [0.4, 0.5) is 5.69 Å². The van der Waals surface area contributed by atoms with Gasteiger partial charge in [0.2, 0.25) is 11.8 Å². The molecule has 1 fully saturated rings. The third-order valence-electron chi connectivity index (χ3n) is 3.92. The smallest absolute Gasteiger partial charge is 0.228 e. The third kappa shape index (κ3) is 3.00. The van der Waals surface area contributed by atoms with Crippen molar-refractivity contribution in [2.24, 2.45) is 11.8 Å². The van der Waals surface area contributed by atoms with Crippen LogP contribution in [-0.2, 0) is 9.59 Å². The molecule has 2 rings (SSSR count). The van der Waals surface area contributed by atoms with Gasteiger partial charge in [0.15, 0.2) is 0 Å². The molecule has 0 radical (unpaired) electrons. The molecule has 1 saturated carbocycles. The topological polar surface area (TPSA) is 49.4 Å². The Morgan fingerprint density at radius 2 is 1.85 bits per heavy atom. The van der Waals surface area contributed by atoms with Gasteiger partial charge in [0.05, 0.1) is 11.8 Å². The highest BCUT2D eigenvalue weighted by Crippen LogP contribution is 2.40. The zero-order valence-electron chi connectivity index (χ0n) is 12.3. The Labute approximate surface area is 120 Å². The van der Waals surface area contributed by atoms with Crippen molar-refractivity contribution in [3.8, 4) is 0 Å². The summed E-state index contributed by atoms with van der Waals surface area (Å²) in [7, 11) is 0. The molecule has 20 heavy (non-hydrogen) atoms. The molecule has 0 aromatic heterocycles. The maximum absolute atomic E-state index is 12.2. The van der Waals surface area contributed by atoms with Gasteiger partial charge in [-0.25, -0.2) is 0 Å². The summed E-state index contributed by atoms with van der Waals surface area (Å²) in [6.45, 7) is 7.30. The summed E-state index contributed by atoms with van der Waals surface area (Å²) in [5, 5.41) is 2.92. The first-order valence-electron chi connectivity index (χ1n) is 7.23. The number of aryl methyl sites for hydroxylation is 1. The molecule has 1 aromatic rings. The minimum atomic E-state index is -0.164. The molecule has 2 atom stereocenters. The highest BCUT2D eigenvalue weighted by molar-refractivity contribution is 5.99. The normalized spacial score (nSPS) is 20.4. The number of nitrogens with zero attached hydrogens (tertiary/aromatic N) is 1. The monoisotopic (exact) mass is 274 g/mol. The van der Waals surface area contributed by atoms with E-state index in [2.05, 4.69) is 5.32 Å². The lowest BCUT2D eigenvalue weighted by Crippen LogP contribution is -2.33. The first-order chi connectivity index (χ1) is 9.58. The number of benzene rings is 1. The maximum Gasteiger partial charge on any atom is 0.228 e. The number of nitrogens with one attached hydrogen (secondary N) is 1. The van der Waals surface area contributed by atoms with Crippen molar-refractivity contribution in [2.75, 3.05) is 18.4 Å². The molecule has 108 valence electrons. The largest absolute Gasteiger partial charge is 0.343 e. The van der Waals surface area contributed by atoms with Crippen LogP contribution in [-0.4, -0.2) is 29.8 Å². The lowest BCUT2D eigenvalue weighted by atomic mass is 10.2. The summed E-state index contributed by atoms with van der Waals surface area (Å²) < 4.78 is 0. The van der Waals surface area contributed by atoms with Crippen molar-refractivity contribution in [2.45, 2.75) is 27.2 Å². The molecule has 1 aliphatic carbocycles. The summed E-state index contributed by atoms with van der Waals surface area (Å²) in [6.07, 6.45) is 0.674. The summed E-state index contributed by atoms with van der Waals surface area (Å²) >= 11 is 0. The highest BCUT2D eigenvalue weighted by Gasteiger charge is 2.49. The molecule has 0 heterocycles. The Morgan fingerprint density at radius 1 is 1.20 bits per heavy atom. The number of anilines is 1. The molecule has 0 bridgehead atoms. The van der Waals surface area contributed by atoms with Crippen LogP contribution in [0.1, 0.15) is 25.8 Å². The fourth-order valence-electron chi connectivity index (χ4n) is 2.47. The number of rotatable bonds is 5. The van der Waals surface area contributed by atoms with Crippen molar-refractivity contribution in [1.29, 1.82) is 0 Å². The maximum atomic E-state index is 12.2. The van der Waals surface area contributed by atoms with E-state index in [0.717, 1.165) is 11.3 Å². The van der Waals surface area contributed by atoms with Crippen LogP contribution in [0.2, 0.25) is 0 Å². The van der Waals surface area contributed by atoms with E-state index in [1.165, 1.54) is 0 Å². The van der Waals surface area contributed by atoms with E-state index in [1.54, 1.807) is 4.90 Å². The highest BCUT2D eigenvalue weighted by atomic mass is 16.2. The second-order valence-corrected chi connectivity index (χ2v) is 5.26. The fraction of sp³-hybridized carbons (Fsp3) is 0.500. The predicted molar refractivity (Wildman–Crippen MR) is 79.3 cm³/mol. The second kappa shape index (κ2) is 6.07. The Hall–Kier alpha value is -1.84. The quantitative estimate of drug-likeness (QED) is 0.896. The molecule has 2 amide bonds. The van der Waals surface area contributed by atoms with E-state index in [0.29, 0.717) is 19.5 Å². The van der Waals surface area contributed by atoms with Gasteiger partial charge in [-0.05, 0) is 38.8 Å². The van der Waals surface area contributed by atoms with E-state index < -0.39 is 0 Å². The zero-order valence-corrected chi connectivity index (χ0v) is 12.3. The molecule has 4 heteroatoms. The Kier molecular flexibility index (Phi) is 4.42. The molecule has 1 N–H and O–H groups in total. The number of hydrogen-bond acceptors (Lipinski definition) is 2. The molecule has 0 aliphatic heterocycles. The average molecular weight is 274 g/mol. The average Bonchev–Trinajstić information content (AvgIpc) is 3.23. The Balaban J connectivity index is 1.94. The van der Waals surface area contributed by atoms with Gasteiger partial charge in [-0.2, -0.15) is 0 Å². The van der Waals surface area contributed by atoms with Crippen LogP contribution < -0.4 is 5.32 Å². The standard InChI is InChI=1S/C16H22N2O2/c1-4-18(5-2)16(20)13-10-12(13)15(19)17-14-9-7-6-8-11(14)3/h6-9,12-13H,4-5,10H2,1-3H3,(H,17,19). The van der Waals surface area contributed by atoms with Gasteiger partial charge < -0.3 is 10.2 Å². The first kappa shape index (κ1) is 14.6. The Morgan fingerprint density at radius 3 is 2.45 bits per heavy atom.